The van der Waals surface area contributed by atoms with E-state index in [1.807, 2.05) is 36.4 Å². The summed E-state index contributed by atoms with van der Waals surface area (Å²) in [5.74, 6) is -5.92. The number of rotatable bonds is 9. The van der Waals surface area contributed by atoms with Crippen LogP contribution in [0.3, 0.4) is 0 Å². The lowest BCUT2D eigenvalue weighted by Crippen LogP contribution is -2.54. The first-order chi connectivity index (χ1) is 30.5. The number of carbonyl (C=O) groups excluding carboxylic acids is 4. The molecule has 0 spiro atoms. The average molecular weight is 865 g/mol. The first kappa shape index (κ1) is 39.9. The maximum absolute atomic E-state index is 15.4. The van der Waals surface area contributed by atoms with Crippen molar-refractivity contribution in [3.63, 3.8) is 0 Å². The Kier molecular flexibility index (Phi) is 9.67. The summed E-state index contributed by atoms with van der Waals surface area (Å²) in [4.78, 5) is 65.4. The molecule has 63 heavy (non-hydrogen) atoms. The van der Waals surface area contributed by atoms with E-state index >= 15 is 4.79 Å². The van der Waals surface area contributed by atoms with Crippen LogP contribution in [-0.4, -0.2) is 52.9 Å². The summed E-state index contributed by atoms with van der Waals surface area (Å²) in [5.41, 5.74) is 5.89. The van der Waals surface area contributed by atoms with Gasteiger partial charge in [-0.05, 0) is 115 Å². The first-order valence-corrected chi connectivity index (χ1v) is 20.7. The topological polar surface area (TPSA) is 152 Å². The van der Waals surface area contributed by atoms with Gasteiger partial charge in [0.05, 0.1) is 48.8 Å². The predicted octanol–water partition coefficient (Wildman–Crippen LogP) is 8.75. The fraction of sp³-hybridized carbons (Fsp3) is 0.204. The number of phenols is 1. The number of allylic oxidation sites excluding steroid dienone is 3. The molecule has 0 radical (unpaired) electrons. The van der Waals surface area contributed by atoms with Crippen LogP contribution in [-0.2, 0) is 24.6 Å². The number of anilines is 2. The summed E-state index contributed by atoms with van der Waals surface area (Å²) in [6, 6.07) is 29.6. The lowest BCUT2D eigenvalue weighted by molar-refractivity contribution is -0.139. The molecule has 4 amide bonds. The summed E-state index contributed by atoms with van der Waals surface area (Å²) in [6.45, 7) is 0. The lowest BCUT2D eigenvalue weighted by atomic mass is 9.50. The molecule has 3 fully saturated rings. The second-order valence-electron chi connectivity index (χ2n) is 16.1. The molecule has 6 aromatic rings. The highest BCUT2D eigenvalue weighted by Gasteiger charge is 2.69. The number of nitrogens with one attached hydrogen (secondary N) is 1. The summed E-state index contributed by atoms with van der Waals surface area (Å²) in [5, 5.41) is 12.1. The zero-order chi connectivity index (χ0) is 43.7. The Hall–Kier alpha value is -7.25. The van der Waals surface area contributed by atoms with Crippen LogP contribution in [0.5, 0.6) is 17.2 Å². The minimum absolute atomic E-state index is 0.0660. The van der Waals surface area contributed by atoms with Gasteiger partial charge in [0, 0.05) is 16.5 Å². The Bertz CT molecular complexity index is 2860. The Balaban J connectivity index is 1.08. The second kappa shape index (κ2) is 15.3. The molecule has 6 unspecified atom stereocenters. The highest BCUT2D eigenvalue weighted by molar-refractivity contribution is 6.30. The molecule has 2 N–H and O–H groups in total. The number of benzene rings is 5. The van der Waals surface area contributed by atoms with Crippen molar-refractivity contribution in [3.05, 3.63) is 149 Å². The maximum Gasteiger partial charge on any atom is 0.260 e. The maximum atomic E-state index is 15.4. The molecule has 6 atom stereocenters. The van der Waals surface area contributed by atoms with Crippen LogP contribution < -0.4 is 19.8 Å². The third kappa shape index (κ3) is 6.28. The van der Waals surface area contributed by atoms with Gasteiger partial charge in [-0.3, -0.25) is 29.5 Å². The molecule has 3 heterocycles. The minimum Gasteiger partial charge on any atom is -0.502 e. The third-order valence-electron chi connectivity index (χ3n) is 13.0. The van der Waals surface area contributed by atoms with Gasteiger partial charge in [0.1, 0.15) is 11.3 Å². The van der Waals surface area contributed by atoms with Crippen molar-refractivity contribution in [3.8, 4) is 28.7 Å². The van der Waals surface area contributed by atoms with Crippen LogP contribution in [0, 0.1) is 35.4 Å². The van der Waals surface area contributed by atoms with Crippen LogP contribution in [0.25, 0.3) is 28.6 Å². The molecule has 5 aromatic carbocycles. The van der Waals surface area contributed by atoms with Gasteiger partial charge in [0.2, 0.25) is 23.5 Å². The van der Waals surface area contributed by atoms with E-state index in [4.69, 9.17) is 25.5 Å². The Morgan fingerprint density at radius 1 is 0.873 bits per heavy atom. The Morgan fingerprint density at radius 2 is 1.57 bits per heavy atom. The Labute approximate surface area is 365 Å². The van der Waals surface area contributed by atoms with Crippen molar-refractivity contribution in [2.75, 3.05) is 24.5 Å². The number of para-hydroxylation sites is 2. The molecule has 2 saturated heterocycles. The molecule has 12 nitrogen and oxygen atoms in total. The zero-order valence-electron chi connectivity index (χ0n) is 33.8. The number of halogens is 2. The van der Waals surface area contributed by atoms with Crippen molar-refractivity contribution in [2.45, 2.75) is 18.3 Å². The van der Waals surface area contributed by atoms with Crippen LogP contribution in [0.4, 0.5) is 15.8 Å². The van der Waals surface area contributed by atoms with Gasteiger partial charge in [-0.25, -0.2) is 9.37 Å². The molecule has 1 aromatic heterocycles. The van der Waals surface area contributed by atoms with Crippen molar-refractivity contribution < 1.29 is 42.6 Å². The number of nitrogens with zero attached hydrogens (tertiary/aromatic N) is 3. The molecule has 4 aliphatic rings. The van der Waals surface area contributed by atoms with Gasteiger partial charge in [0.25, 0.3) is 11.8 Å². The van der Waals surface area contributed by atoms with Gasteiger partial charge < -0.3 is 19.0 Å². The number of oxazole rings is 1. The monoisotopic (exact) mass is 864 g/mol. The van der Waals surface area contributed by atoms with Gasteiger partial charge >= 0.3 is 0 Å². The van der Waals surface area contributed by atoms with Gasteiger partial charge in [-0.2, -0.15) is 5.01 Å². The molecule has 10 rings (SSSR count). The largest absolute Gasteiger partial charge is 0.502 e. The number of aromatic nitrogens is 1. The zero-order valence-corrected chi connectivity index (χ0v) is 34.6. The molecular weight excluding hydrogens is 827 g/mol. The molecule has 0 bridgehead atoms. The summed E-state index contributed by atoms with van der Waals surface area (Å²) in [6.07, 6.45) is 5.83. The number of methoxy groups -OCH3 is 2. The van der Waals surface area contributed by atoms with Crippen molar-refractivity contribution in [2.24, 2.45) is 29.6 Å². The fourth-order valence-electron chi connectivity index (χ4n) is 10.1. The number of hydrogen-bond acceptors (Lipinski definition) is 10. The van der Waals surface area contributed by atoms with E-state index in [1.54, 1.807) is 66.7 Å². The quantitative estimate of drug-likeness (QED) is 0.107. The second-order valence-corrected chi connectivity index (χ2v) is 16.5. The van der Waals surface area contributed by atoms with Gasteiger partial charge in [-0.15, -0.1) is 0 Å². The van der Waals surface area contributed by atoms with Crippen LogP contribution in [0.2, 0.25) is 5.02 Å². The number of hydrogen-bond donors (Lipinski definition) is 2. The minimum atomic E-state index is -1.57. The third-order valence-corrected chi connectivity index (χ3v) is 13.2. The van der Waals surface area contributed by atoms with Crippen molar-refractivity contribution in [1.82, 2.24) is 9.99 Å². The highest BCUT2D eigenvalue weighted by atomic mass is 35.5. The van der Waals surface area contributed by atoms with E-state index in [2.05, 4.69) is 10.4 Å². The van der Waals surface area contributed by atoms with Crippen LogP contribution in [0.1, 0.15) is 24.0 Å². The summed E-state index contributed by atoms with van der Waals surface area (Å²) in [7, 11) is 2.83. The van der Waals surface area contributed by atoms with E-state index in [0.29, 0.717) is 50.1 Å². The summed E-state index contributed by atoms with van der Waals surface area (Å²) < 4.78 is 30.8. The number of fused-ring (bicyclic) bond motifs is 5. The van der Waals surface area contributed by atoms with Gasteiger partial charge in [0.15, 0.2) is 17.1 Å². The first-order valence-electron chi connectivity index (χ1n) is 20.4. The normalized spacial score (nSPS) is 24.1. The van der Waals surface area contributed by atoms with Crippen LogP contribution >= 0.6 is 11.6 Å². The number of amides is 4. The van der Waals surface area contributed by atoms with Crippen LogP contribution in [0.15, 0.2) is 131 Å². The number of ether oxygens (including phenoxy) is 2. The molecule has 316 valence electrons. The van der Waals surface area contributed by atoms with E-state index in [1.165, 1.54) is 43.4 Å². The number of imide groups is 2. The molecule has 2 aliphatic heterocycles. The molecular formula is C49H38ClFN4O8. The highest BCUT2D eigenvalue weighted by Crippen LogP contribution is 2.62. The molecule has 14 heteroatoms. The Morgan fingerprint density at radius 3 is 2.25 bits per heavy atom. The molecule has 2 aliphatic carbocycles. The molecule has 1 saturated carbocycles. The number of carbonyl (C=O) groups is 4. The number of phenolic OH excluding ortho intramolecular Hbond substituents is 1. The van der Waals surface area contributed by atoms with Crippen molar-refractivity contribution in [1.29, 1.82) is 0 Å². The van der Waals surface area contributed by atoms with Gasteiger partial charge in [-0.1, -0.05) is 59.7 Å². The lowest BCUT2D eigenvalue weighted by Gasteiger charge is -2.49. The number of aromatic hydroxyl groups is 1. The van der Waals surface area contributed by atoms with E-state index in [-0.39, 0.29) is 36.0 Å². The number of hydrazine groups is 1. The van der Waals surface area contributed by atoms with E-state index in [9.17, 15) is 23.9 Å². The van der Waals surface area contributed by atoms with E-state index in [0.717, 1.165) is 10.6 Å². The predicted molar refractivity (Wildman–Crippen MR) is 232 cm³/mol. The smallest absolute Gasteiger partial charge is 0.260 e. The summed E-state index contributed by atoms with van der Waals surface area (Å²) >= 11 is 6.42. The van der Waals surface area contributed by atoms with Crippen molar-refractivity contribution >= 4 is 63.8 Å². The average Bonchev–Trinajstić information content (AvgIpc) is 3.91. The SMILES string of the molecule is COc1cc(C=CC2C3=CCC4C(=O)N(c5ccc(-c6nc7ccccc7o6)cc5)C(=O)C4C3CC3C(=O)N(Nc4ccc(F)cc4)C(=O)C23c2ccc(Cl)cc2)cc(OC)c1O. The fourth-order valence-corrected chi connectivity index (χ4v) is 10.2. The van der Waals surface area contributed by atoms with E-state index < -0.39 is 58.5 Å². The standard InChI is InChI=1S/C49H38ClFN4O8/c1-61-40-23-26(24-41(62-2)43(40)56)7-22-36-33-20-21-34-42(47(59)54(45(34)57)32-18-8-27(9-19-32)44-52-38-5-3-4-6-39(38)63-44)35(33)25-37-46(58)55(53-31-16-14-30(51)15-17-31)48(60)49(36,37)28-10-12-29(50)13-11-28/h3-20,22-24,34-37,42,53,56H,21,25H2,1-2H3.